The van der Waals surface area contributed by atoms with E-state index in [1.807, 2.05) is 27.7 Å². The minimum Gasteiger partial charge on any atom is -0.351 e. The van der Waals surface area contributed by atoms with Gasteiger partial charge in [0.15, 0.2) is 5.82 Å². The van der Waals surface area contributed by atoms with Crippen LogP contribution in [0.25, 0.3) is 11.3 Å². The lowest BCUT2D eigenvalue weighted by molar-refractivity contribution is -0.106. The zero-order valence-corrected chi connectivity index (χ0v) is 24.2. The normalized spacial score (nSPS) is 16.6. The predicted octanol–water partition coefficient (Wildman–Crippen LogP) is 5.37. The average molecular weight is 550 g/mol. The van der Waals surface area contributed by atoms with Crippen LogP contribution in [0.15, 0.2) is 41.7 Å². The van der Waals surface area contributed by atoms with Crippen LogP contribution < -0.4 is 4.90 Å². The van der Waals surface area contributed by atoms with Crippen molar-refractivity contribution in [2.24, 2.45) is 4.99 Å². The van der Waals surface area contributed by atoms with E-state index in [0.29, 0.717) is 41.4 Å². The molecule has 1 aliphatic rings. The number of pyridine rings is 1. The first-order valence-corrected chi connectivity index (χ1v) is 13.6. The second-order valence-electron chi connectivity index (χ2n) is 10.8. The molecule has 0 bridgehead atoms. The second-order valence-corrected chi connectivity index (χ2v) is 10.8. The fraction of sp³-hybridized carbons (Fsp3) is 0.433. The summed E-state index contributed by atoms with van der Waals surface area (Å²) in [6.07, 6.45) is 2.14. The highest BCUT2D eigenvalue weighted by Crippen LogP contribution is 2.39. The molecular formula is C30H37F2N7O. The van der Waals surface area contributed by atoms with Crippen LogP contribution in [0.5, 0.6) is 0 Å². The Kier molecular flexibility index (Phi) is 8.88. The van der Waals surface area contributed by atoms with E-state index in [4.69, 9.17) is 0 Å². The highest BCUT2D eigenvalue weighted by molar-refractivity contribution is 6.06. The molecular weight excluding hydrogens is 512 g/mol. The SMILES string of the molecule is C/N=C(\c1cc(F)c(-c2ccccc2F)nc1N(C=O)c1c(C(C)C)ncnc1C(C)C)N1CCN(C)CC1C. The summed E-state index contributed by atoms with van der Waals surface area (Å²) in [5.74, 6) is -0.788. The Morgan fingerprint density at radius 2 is 1.73 bits per heavy atom. The van der Waals surface area contributed by atoms with Crippen molar-refractivity contribution in [3.63, 3.8) is 0 Å². The summed E-state index contributed by atoms with van der Waals surface area (Å²) >= 11 is 0. The minimum absolute atomic E-state index is 0.000852. The van der Waals surface area contributed by atoms with Crippen LogP contribution in [0.3, 0.4) is 0 Å². The van der Waals surface area contributed by atoms with Crippen LogP contribution in [-0.4, -0.2) is 76.8 Å². The zero-order chi connectivity index (χ0) is 29.1. The maximum absolute atomic E-state index is 15.9. The number of hydrogen-bond acceptors (Lipinski definition) is 6. The lowest BCUT2D eigenvalue weighted by atomic mass is 10.00. The molecule has 0 N–H and O–H groups in total. The first kappa shape index (κ1) is 29.2. The summed E-state index contributed by atoms with van der Waals surface area (Å²) in [5, 5.41) is 0. The third-order valence-corrected chi connectivity index (χ3v) is 7.19. The number of likely N-dealkylation sites (N-methyl/N-ethyl adjacent to an activating group) is 1. The molecule has 3 heterocycles. The van der Waals surface area contributed by atoms with E-state index in [9.17, 15) is 9.18 Å². The molecule has 1 aromatic carbocycles. The van der Waals surface area contributed by atoms with Gasteiger partial charge in [0, 0.05) is 38.3 Å². The van der Waals surface area contributed by atoms with Gasteiger partial charge < -0.3 is 9.80 Å². The highest BCUT2D eigenvalue weighted by atomic mass is 19.1. The summed E-state index contributed by atoms with van der Waals surface area (Å²) < 4.78 is 30.8. The van der Waals surface area contributed by atoms with Gasteiger partial charge in [-0.2, -0.15) is 0 Å². The maximum Gasteiger partial charge on any atom is 0.220 e. The molecule has 1 saturated heterocycles. The minimum atomic E-state index is -0.713. The van der Waals surface area contributed by atoms with Crippen molar-refractivity contribution >= 4 is 23.8 Å². The molecule has 2 aromatic heterocycles. The van der Waals surface area contributed by atoms with E-state index < -0.39 is 11.6 Å². The number of amides is 1. The molecule has 0 radical (unpaired) electrons. The first-order chi connectivity index (χ1) is 19.1. The van der Waals surface area contributed by atoms with Gasteiger partial charge >= 0.3 is 0 Å². The molecule has 0 saturated carbocycles. The highest BCUT2D eigenvalue weighted by Gasteiger charge is 2.32. The van der Waals surface area contributed by atoms with E-state index in [0.717, 1.165) is 13.1 Å². The molecule has 0 aliphatic carbocycles. The van der Waals surface area contributed by atoms with Gasteiger partial charge in [-0.15, -0.1) is 0 Å². The maximum atomic E-state index is 15.9. The number of rotatable bonds is 7. The van der Waals surface area contributed by atoms with Crippen molar-refractivity contribution in [3.8, 4) is 11.3 Å². The molecule has 3 aromatic rings. The molecule has 8 nitrogen and oxygen atoms in total. The molecule has 212 valence electrons. The van der Waals surface area contributed by atoms with E-state index in [1.165, 1.54) is 35.5 Å². The molecule has 4 rings (SSSR count). The molecule has 1 aliphatic heterocycles. The Morgan fingerprint density at radius 1 is 1.07 bits per heavy atom. The number of aliphatic imine (C=N–C) groups is 1. The van der Waals surface area contributed by atoms with Gasteiger partial charge in [0.2, 0.25) is 6.41 Å². The van der Waals surface area contributed by atoms with Gasteiger partial charge in [-0.25, -0.2) is 23.7 Å². The summed E-state index contributed by atoms with van der Waals surface area (Å²) in [6.45, 7) is 12.2. The molecule has 10 heteroatoms. The van der Waals surface area contributed by atoms with E-state index in [2.05, 4.69) is 43.7 Å². The lowest BCUT2D eigenvalue weighted by Gasteiger charge is -2.40. The van der Waals surface area contributed by atoms with Gasteiger partial charge in [-0.3, -0.25) is 14.7 Å². The zero-order valence-electron chi connectivity index (χ0n) is 24.2. The van der Waals surface area contributed by atoms with Crippen LogP contribution in [0.4, 0.5) is 20.3 Å². The van der Waals surface area contributed by atoms with Crippen LogP contribution >= 0.6 is 0 Å². The summed E-state index contributed by atoms with van der Waals surface area (Å²) in [6, 6.07) is 7.26. The Morgan fingerprint density at radius 3 is 2.27 bits per heavy atom. The third-order valence-electron chi connectivity index (χ3n) is 7.19. The third kappa shape index (κ3) is 5.58. The number of anilines is 2. The van der Waals surface area contributed by atoms with Crippen LogP contribution in [0.2, 0.25) is 0 Å². The van der Waals surface area contributed by atoms with Gasteiger partial charge in [0.05, 0.1) is 22.6 Å². The fourth-order valence-corrected chi connectivity index (χ4v) is 5.23. The molecule has 1 fully saturated rings. The number of hydrogen-bond donors (Lipinski definition) is 0. The Labute approximate surface area is 234 Å². The number of piperazine rings is 1. The number of carbonyl (C=O) groups excluding carboxylic acids is 1. The predicted molar refractivity (Wildman–Crippen MR) is 154 cm³/mol. The molecule has 1 amide bonds. The van der Waals surface area contributed by atoms with E-state index in [-0.39, 0.29) is 35.0 Å². The van der Waals surface area contributed by atoms with Crippen LogP contribution in [0.1, 0.15) is 63.4 Å². The van der Waals surface area contributed by atoms with Gasteiger partial charge in [0.1, 0.15) is 29.5 Å². The first-order valence-electron chi connectivity index (χ1n) is 13.6. The smallest absolute Gasteiger partial charge is 0.220 e. The van der Waals surface area contributed by atoms with Gasteiger partial charge in [-0.1, -0.05) is 39.8 Å². The van der Waals surface area contributed by atoms with Crippen molar-refractivity contribution in [1.82, 2.24) is 24.8 Å². The largest absolute Gasteiger partial charge is 0.351 e. The van der Waals surface area contributed by atoms with E-state index >= 15 is 4.39 Å². The Balaban J connectivity index is 2.04. The van der Waals surface area contributed by atoms with Crippen LogP contribution in [0, 0.1) is 11.6 Å². The summed E-state index contributed by atoms with van der Waals surface area (Å²) in [7, 11) is 3.69. The van der Waals surface area contributed by atoms with Gasteiger partial charge in [0.25, 0.3) is 0 Å². The average Bonchev–Trinajstić information content (AvgIpc) is 2.92. The van der Waals surface area contributed by atoms with Gasteiger partial charge in [-0.05, 0) is 44.0 Å². The number of carbonyl (C=O) groups is 1. The molecule has 1 unspecified atom stereocenters. The molecule has 0 spiro atoms. The Bertz CT molecular complexity index is 1380. The van der Waals surface area contributed by atoms with Crippen LogP contribution in [-0.2, 0) is 4.79 Å². The van der Waals surface area contributed by atoms with Crippen molar-refractivity contribution in [1.29, 1.82) is 0 Å². The second kappa shape index (κ2) is 12.2. The van der Waals surface area contributed by atoms with Crippen molar-refractivity contribution in [2.75, 3.05) is 38.6 Å². The topological polar surface area (TPSA) is 77.8 Å². The fourth-order valence-electron chi connectivity index (χ4n) is 5.23. The van der Waals surface area contributed by atoms with Crippen molar-refractivity contribution in [3.05, 3.63) is 65.2 Å². The number of halogens is 2. The Hall–Kier alpha value is -3.79. The summed E-state index contributed by atoms with van der Waals surface area (Å²) in [5.41, 5.74) is 1.93. The molecule has 1 atom stereocenters. The van der Waals surface area contributed by atoms with Crippen molar-refractivity contribution in [2.45, 2.75) is 52.5 Å². The number of aromatic nitrogens is 3. The standard InChI is InChI=1S/C30H37F2N7O/c1-18(2)25-28(26(19(3)4)35-16-34-25)39(17-40)30-22(29(33-6)38-13-12-37(7)15-20(38)5)14-24(32)27(36-30)21-10-8-9-11-23(21)31/h8-11,14,16-20H,12-13,15H2,1-7H3/b33-29+. The molecule has 40 heavy (non-hydrogen) atoms. The number of amidine groups is 1. The van der Waals surface area contributed by atoms with E-state index in [1.54, 1.807) is 13.1 Å². The van der Waals surface area contributed by atoms with Crippen molar-refractivity contribution < 1.29 is 13.6 Å². The number of nitrogens with zero attached hydrogens (tertiary/aromatic N) is 7. The summed E-state index contributed by atoms with van der Waals surface area (Å²) in [4.78, 5) is 37.0. The quantitative estimate of drug-likeness (QED) is 0.224. The monoisotopic (exact) mass is 549 g/mol. The lowest BCUT2D eigenvalue weighted by Crippen LogP contribution is -2.53. The number of benzene rings is 1.